The van der Waals surface area contributed by atoms with E-state index in [4.69, 9.17) is 4.11 Å². The van der Waals surface area contributed by atoms with Crippen LogP contribution in [0.2, 0.25) is 19.6 Å². The maximum Gasteiger partial charge on any atom is 0.0798 e. The average Bonchev–Trinajstić information content (AvgIpc) is 2.44. The molecule has 0 saturated heterocycles. The number of halogens is 1. The van der Waals surface area contributed by atoms with Crippen LogP contribution in [0.3, 0.4) is 0 Å². The number of aromatic nitrogens is 1. The summed E-state index contributed by atoms with van der Waals surface area (Å²) >= 11 is 0. The van der Waals surface area contributed by atoms with E-state index >= 15 is 0 Å². The van der Waals surface area contributed by atoms with Crippen LogP contribution in [0.4, 0.5) is 4.39 Å². The summed E-state index contributed by atoms with van der Waals surface area (Å²) in [4.78, 5) is 4.46. The van der Waals surface area contributed by atoms with Gasteiger partial charge in [0.2, 0.25) is 0 Å². The second-order valence-electron chi connectivity index (χ2n) is 7.19. The van der Waals surface area contributed by atoms with Crippen LogP contribution >= 0.6 is 0 Å². The van der Waals surface area contributed by atoms with Gasteiger partial charge in [-0.05, 0) is 23.2 Å². The van der Waals surface area contributed by atoms with Crippen molar-refractivity contribution in [2.24, 2.45) is 5.92 Å². The van der Waals surface area contributed by atoms with Crippen molar-refractivity contribution in [1.82, 2.24) is 4.98 Å². The Hall–Kier alpha value is -0.834. The molecule has 0 spiro atoms. The molecule has 0 unspecified atom stereocenters. The molecule has 127 valence electrons. The zero-order valence-electron chi connectivity index (χ0n) is 17.3. The molecule has 1 nitrogen and oxygen atoms in total. The molecule has 2 rings (SSSR count). The van der Waals surface area contributed by atoms with Crippen molar-refractivity contribution in [3.05, 3.63) is 47.4 Å². The number of nitrogens with zero attached hydrogens (tertiary/aromatic N) is 1. The number of hydrogen-bond acceptors (Lipinski definition) is 1. The Morgan fingerprint density at radius 2 is 2.00 bits per heavy atom. The predicted octanol–water partition coefficient (Wildman–Crippen LogP) is 4.74. The minimum atomic E-state index is -2.34. The molecule has 4 heteroatoms. The van der Waals surface area contributed by atoms with Crippen LogP contribution in [0.1, 0.15) is 29.1 Å². The normalized spacial score (nSPS) is 14.0. The first-order valence-electron chi connectivity index (χ1n) is 9.11. The number of benzene rings is 1. The minimum absolute atomic E-state index is 0. The molecule has 2 aromatic rings. The Labute approximate surface area is 158 Å². The van der Waals surface area contributed by atoms with Crippen molar-refractivity contribution in [1.29, 1.82) is 0 Å². The zero-order valence-corrected chi connectivity index (χ0v) is 17.6. The topological polar surface area (TPSA) is 12.9 Å². The fourth-order valence-electron chi connectivity index (χ4n) is 2.58. The van der Waals surface area contributed by atoms with Gasteiger partial charge in [0.1, 0.15) is 0 Å². The minimum Gasteiger partial charge on any atom is -0.305 e. The SMILES string of the molecule is [2H]C([2H])([2H])c1c[c-]c(-c2cc(CC(C)C)c([Si](C)(C)C)cn2)c(F)c1.[Ir]. The van der Waals surface area contributed by atoms with Gasteiger partial charge in [-0.25, -0.2) is 0 Å². The number of rotatable bonds is 4. The average molecular weight is 510 g/mol. The summed E-state index contributed by atoms with van der Waals surface area (Å²) in [7, 11) is -1.56. The van der Waals surface area contributed by atoms with E-state index < -0.39 is 20.7 Å². The van der Waals surface area contributed by atoms with Crippen molar-refractivity contribution in [2.75, 3.05) is 0 Å². The molecule has 0 amide bonds. The van der Waals surface area contributed by atoms with Crippen molar-refractivity contribution >= 4 is 13.3 Å². The van der Waals surface area contributed by atoms with Crippen LogP contribution in [-0.4, -0.2) is 13.1 Å². The van der Waals surface area contributed by atoms with Crippen molar-refractivity contribution in [3.63, 3.8) is 0 Å². The molecule has 1 aromatic carbocycles. The standard InChI is InChI=1S/C19H25FNSi.Ir/c1-13(2)9-15-11-18(21-12-19(15)22(4,5)6)16-8-7-14(3)10-17(16)20;/h7,10-13H,9H2,1-6H3;/q-1;/i3D3;. The largest absolute Gasteiger partial charge is 0.305 e. The summed E-state index contributed by atoms with van der Waals surface area (Å²) < 4.78 is 36.6. The maximum atomic E-state index is 14.5. The number of pyridine rings is 1. The maximum absolute atomic E-state index is 14.5. The molecule has 0 aliphatic heterocycles. The van der Waals surface area contributed by atoms with Gasteiger partial charge in [-0.15, -0.1) is 23.8 Å². The third-order valence-electron chi connectivity index (χ3n) is 3.58. The van der Waals surface area contributed by atoms with E-state index in [9.17, 15) is 4.39 Å². The van der Waals surface area contributed by atoms with Gasteiger partial charge in [-0.2, -0.15) is 0 Å². The van der Waals surface area contributed by atoms with Gasteiger partial charge >= 0.3 is 0 Å². The monoisotopic (exact) mass is 510 g/mol. The van der Waals surface area contributed by atoms with Crippen molar-refractivity contribution in [3.8, 4) is 11.3 Å². The van der Waals surface area contributed by atoms with Crippen molar-refractivity contribution in [2.45, 2.75) is 46.8 Å². The van der Waals surface area contributed by atoms with E-state index in [1.807, 2.05) is 12.3 Å². The van der Waals surface area contributed by atoms with Gasteiger partial charge in [-0.1, -0.05) is 57.5 Å². The summed E-state index contributed by atoms with van der Waals surface area (Å²) in [5.74, 6) is -0.116. The summed E-state index contributed by atoms with van der Waals surface area (Å²) in [6.45, 7) is 8.79. The first-order chi connectivity index (χ1) is 11.4. The Morgan fingerprint density at radius 1 is 1.30 bits per heavy atom. The molecule has 0 atom stereocenters. The first kappa shape index (κ1) is 15.7. The van der Waals surface area contributed by atoms with Gasteiger partial charge in [0.15, 0.2) is 0 Å². The molecule has 1 aromatic heterocycles. The van der Waals surface area contributed by atoms with Crippen molar-refractivity contribution < 1.29 is 28.6 Å². The fourth-order valence-corrected chi connectivity index (χ4v) is 4.17. The van der Waals surface area contributed by atoms with Crippen LogP contribution in [-0.2, 0) is 26.5 Å². The molecule has 0 fully saturated rings. The molecule has 0 N–H and O–H groups in total. The molecule has 1 heterocycles. The van der Waals surface area contributed by atoms with Gasteiger partial charge in [0.05, 0.1) is 8.07 Å². The molecule has 0 aliphatic rings. The third kappa shape index (κ3) is 5.07. The number of aryl methyl sites for hydroxylation is 1. The smallest absolute Gasteiger partial charge is 0.0798 e. The van der Waals surface area contributed by atoms with E-state index in [0.717, 1.165) is 12.5 Å². The second-order valence-corrected chi connectivity index (χ2v) is 12.2. The Morgan fingerprint density at radius 3 is 2.52 bits per heavy atom. The molecule has 0 bridgehead atoms. The van der Waals surface area contributed by atoms with Crippen LogP contribution < -0.4 is 5.19 Å². The summed E-state index contributed by atoms with van der Waals surface area (Å²) in [5, 5.41) is 1.28. The van der Waals surface area contributed by atoms with Crippen LogP contribution in [0.5, 0.6) is 0 Å². The zero-order chi connectivity index (χ0) is 19.0. The predicted molar refractivity (Wildman–Crippen MR) is 94.7 cm³/mol. The molecule has 0 aliphatic carbocycles. The number of hydrogen-bond donors (Lipinski definition) is 0. The Kier molecular flexibility index (Phi) is 5.33. The van der Waals surface area contributed by atoms with E-state index in [1.54, 1.807) is 0 Å². The van der Waals surface area contributed by atoms with E-state index in [2.05, 4.69) is 44.5 Å². The van der Waals surface area contributed by atoms with Gasteiger partial charge < -0.3 is 4.98 Å². The van der Waals surface area contributed by atoms with Gasteiger partial charge in [0.25, 0.3) is 0 Å². The van der Waals surface area contributed by atoms with Crippen LogP contribution in [0.15, 0.2) is 24.4 Å². The molecule has 0 saturated carbocycles. The van der Waals surface area contributed by atoms with Crippen LogP contribution in [0, 0.1) is 24.7 Å². The Bertz CT molecular complexity index is 770. The van der Waals surface area contributed by atoms with E-state index in [0.29, 0.717) is 11.6 Å². The van der Waals surface area contributed by atoms with Gasteiger partial charge in [-0.3, -0.25) is 4.39 Å². The summed E-state index contributed by atoms with van der Waals surface area (Å²) in [6, 6.07) is 7.12. The molecule has 1 radical (unpaired) electrons. The first-order valence-corrected chi connectivity index (χ1v) is 11.1. The summed E-state index contributed by atoms with van der Waals surface area (Å²) in [6.07, 6.45) is 2.77. The molecular formula is C19H25FIrNSi-. The molecular weight excluding hydrogens is 482 g/mol. The van der Waals surface area contributed by atoms with E-state index in [1.165, 1.54) is 16.8 Å². The summed E-state index contributed by atoms with van der Waals surface area (Å²) in [5.41, 5.74) is 1.88. The van der Waals surface area contributed by atoms with Crippen LogP contribution in [0.25, 0.3) is 11.3 Å². The van der Waals surface area contributed by atoms with E-state index in [-0.39, 0.29) is 31.2 Å². The second kappa shape index (κ2) is 7.83. The quantitative estimate of drug-likeness (QED) is 0.429. The molecule has 23 heavy (non-hydrogen) atoms. The third-order valence-corrected chi connectivity index (χ3v) is 5.64. The Balaban J connectivity index is 0.00000338. The fraction of sp³-hybridized carbons (Fsp3) is 0.421. The van der Waals surface area contributed by atoms with Gasteiger partial charge in [0, 0.05) is 36.2 Å².